The lowest BCUT2D eigenvalue weighted by Gasteiger charge is -2.23. The smallest absolute Gasteiger partial charge is 0.0240 e. The Bertz CT molecular complexity index is 554. The quantitative estimate of drug-likeness (QED) is 0.794. The Morgan fingerprint density at radius 3 is 2.70 bits per heavy atom. The van der Waals surface area contributed by atoms with Crippen LogP contribution in [0.1, 0.15) is 36.8 Å². The van der Waals surface area contributed by atoms with Gasteiger partial charge in [0.05, 0.1) is 0 Å². The number of hydrogen-bond donors (Lipinski definition) is 1. The molecule has 23 heavy (non-hydrogen) atoms. The first-order valence-corrected chi connectivity index (χ1v) is 9.95. The van der Waals surface area contributed by atoms with Crippen molar-refractivity contribution in [1.82, 2.24) is 15.1 Å². The fraction of sp³-hybridized carbons (Fsp3) is 0.684. The van der Waals surface area contributed by atoms with Gasteiger partial charge in [0.25, 0.3) is 0 Å². The Balaban J connectivity index is 1.16. The number of nitrogens with zero attached hydrogens (tertiary/aromatic N) is 2. The molecule has 126 valence electrons. The normalized spacial score (nSPS) is 28.0. The summed E-state index contributed by atoms with van der Waals surface area (Å²) < 4.78 is 1.21. The molecule has 3 nitrogen and oxygen atoms in total. The lowest BCUT2D eigenvalue weighted by molar-refractivity contribution is 0.248. The van der Waals surface area contributed by atoms with E-state index in [0.29, 0.717) is 5.41 Å². The van der Waals surface area contributed by atoms with E-state index in [0.717, 1.165) is 13.1 Å². The molecular formula is C19H28BrN3. The van der Waals surface area contributed by atoms with Gasteiger partial charge in [-0.15, -0.1) is 0 Å². The molecule has 3 aliphatic heterocycles. The van der Waals surface area contributed by atoms with Gasteiger partial charge in [0.1, 0.15) is 0 Å². The summed E-state index contributed by atoms with van der Waals surface area (Å²) in [6.07, 6.45) is 5.48. The molecule has 1 aromatic rings. The van der Waals surface area contributed by atoms with Crippen LogP contribution >= 0.6 is 15.9 Å². The molecule has 4 heteroatoms. The van der Waals surface area contributed by atoms with Crippen LogP contribution in [-0.2, 0) is 13.1 Å². The monoisotopic (exact) mass is 377 g/mol. The molecule has 3 heterocycles. The standard InChI is InChI=1S/C19H28BrN3/c20-18-4-3-16-12-23(13-17(16)11-18)9-2-1-8-22-10-6-19(15-22)5-7-21-14-19/h3-4,11,21H,1-2,5-10,12-15H2. The van der Waals surface area contributed by atoms with Crippen molar-refractivity contribution in [3.63, 3.8) is 0 Å². The van der Waals surface area contributed by atoms with E-state index in [9.17, 15) is 0 Å². The molecule has 3 aliphatic rings. The van der Waals surface area contributed by atoms with Crippen LogP contribution in [0.25, 0.3) is 0 Å². The summed E-state index contributed by atoms with van der Waals surface area (Å²) in [5, 5.41) is 3.56. The number of benzene rings is 1. The highest BCUT2D eigenvalue weighted by Crippen LogP contribution is 2.36. The molecule has 0 radical (unpaired) electrons. The topological polar surface area (TPSA) is 18.5 Å². The number of likely N-dealkylation sites (tertiary alicyclic amines) is 1. The minimum atomic E-state index is 0.629. The summed E-state index contributed by atoms with van der Waals surface area (Å²) in [7, 11) is 0. The van der Waals surface area contributed by atoms with E-state index in [-0.39, 0.29) is 0 Å². The van der Waals surface area contributed by atoms with Crippen LogP contribution in [-0.4, -0.2) is 49.1 Å². The zero-order valence-corrected chi connectivity index (χ0v) is 15.6. The molecule has 2 fully saturated rings. The van der Waals surface area contributed by atoms with Crippen molar-refractivity contribution in [2.24, 2.45) is 5.41 Å². The third-order valence-corrected chi connectivity index (χ3v) is 6.50. The number of fused-ring (bicyclic) bond motifs is 1. The SMILES string of the molecule is Brc1ccc2c(c1)CN(CCCCN1CCC3(CCNC3)C1)C2. The maximum Gasteiger partial charge on any atom is 0.0240 e. The van der Waals surface area contributed by atoms with Gasteiger partial charge in [0.2, 0.25) is 0 Å². The molecule has 1 spiro atoms. The molecule has 1 aromatic carbocycles. The predicted octanol–water partition coefficient (Wildman–Crippen LogP) is 3.23. The van der Waals surface area contributed by atoms with E-state index < -0.39 is 0 Å². The number of hydrogen-bond acceptors (Lipinski definition) is 3. The molecule has 0 saturated carbocycles. The first-order valence-electron chi connectivity index (χ1n) is 9.15. The highest BCUT2D eigenvalue weighted by atomic mass is 79.9. The Hall–Kier alpha value is -0.420. The van der Waals surface area contributed by atoms with Gasteiger partial charge in [-0.05, 0) is 80.5 Å². The molecular weight excluding hydrogens is 350 g/mol. The summed E-state index contributed by atoms with van der Waals surface area (Å²) >= 11 is 3.58. The van der Waals surface area contributed by atoms with E-state index in [1.54, 1.807) is 0 Å². The molecule has 1 atom stereocenters. The number of nitrogens with one attached hydrogen (secondary N) is 1. The van der Waals surface area contributed by atoms with Crippen LogP contribution in [0.3, 0.4) is 0 Å². The molecule has 4 rings (SSSR count). The second-order valence-corrected chi connectivity index (χ2v) is 8.70. The Morgan fingerprint density at radius 1 is 1.04 bits per heavy atom. The van der Waals surface area contributed by atoms with Gasteiger partial charge in [-0.25, -0.2) is 0 Å². The second kappa shape index (κ2) is 6.83. The number of halogens is 1. The molecule has 1 N–H and O–H groups in total. The van der Waals surface area contributed by atoms with Crippen LogP contribution in [0, 0.1) is 5.41 Å². The van der Waals surface area contributed by atoms with Gasteiger partial charge in [-0.2, -0.15) is 0 Å². The first-order chi connectivity index (χ1) is 11.2. The van der Waals surface area contributed by atoms with Gasteiger partial charge in [-0.1, -0.05) is 22.0 Å². The summed E-state index contributed by atoms with van der Waals surface area (Å²) in [4.78, 5) is 5.31. The van der Waals surface area contributed by atoms with E-state index in [1.165, 1.54) is 80.6 Å². The fourth-order valence-corrected chi connectivity index (χ4v) is 5.03. The average Bonchev–Trinajstić information content (AvgIpc) is 3.25. The summed E-state index contributed by atoms with van der Waals surface area (Å²) in [6.45, 7) is 9.97. The lowest BCUT2D eigenvalue weighted by atomic mass is 9.87. The van der Waals surface area contributed by atoms with Gasteiger partial charge in [0, 0.05) is 30.7 Å². The van der Waals surface area contributed by atoms with Crippen molar-refractivity contribution >= 4 is 15.9 Å². The van der Waals surface area contributed by atoms with Crippen molar-refractivity contribution in [3.8, 4) is 0 Å². The van der Waals surface area contributed by atoms with Crippen molar-refractivity contribution in [3.05, 3.63) is 33.8 Å². The fourth-order valence-electron chi connectivity index (χ4n) is 4.63. The van der Waals surface area contributed by atoms with Crippen LogP contribution in [0.2, 0.25) is 0 Å². The Kier molecular flexibility index (Phi) is 4.77. The van der Waals surface area contributed by atoms with Gasteiger partial charge >= 0.3 is 0 Å². The zero-order valence-electron chi connectivity index (χ0n) is 14.0. The van der Waals surface area contributed by atoms with Crippen LogP contribution in [0.15, 0.2) is 22.7 Å². The molecule has 2 saturated heterocycles. The summed E-state index contributed by atoms with van der Waals surface area (Å²) in [5.41, 5.74) is 3.65. The van der Waals surface area contributed by atoms with Crippen LogP contribution in [0.4, 0.5) is 0 Å². The minimum Gasteiger partial charge on any atom is -0.316 e. The maximum absolute atomic E-state index is 3.58. The maximum atomic E-state index is 3.58. The van der Waals surface area contributed by atoms with Crippen LogP contribution < -0.4 is 5.32 Å². The molecule has 0 amide bonds. The van der Waals surface area contributed by atoms with Gasteiger partial charge in [0.15, 0.2) is 0 Å². The largest absolute Gasteiger partial charge is 0.316 e. The zero-order chi connectivity index (χ0) is 15.7. The van der Waals surface area contributed by atoms with Crippen molar-refractivity contribution in [2.75, 3.05) is 39.3 Å². The summed E-state index contributed by atoms with van der Waals surface area (Å²) in [6, 6.07) is 6.73. The predicted molar refractivity (Wildman–Crippen MR) is 98.5 cm³/mol. The number of unbranched alkanes of at least 4 members (excludes halogenated alkanes) is 1. The Morgan fingerprint density at radius 2 is 1.87 bits per heavy atom. The van der Waals surface area contributed by atoms with Crippen molar-refractivity contribution in [2.45, 2.75) is 38.8 Å². The lowest BCUT2D eigenvalue weighted by Crippen LogP contribution is -2.30. The van der Waals surface area contributed by atoms with Gasteiger partial charge in [-0.3, -0.25) is 4.90 Å². The third-order valence-electron chi connectivity index (χ3n) is 6.00. The third kappa shape index (κ3) is 3.65. The Labute approximate surface area is 148 Å². The molecule has 0 aliphatic carbocycles. The highest BCUT2D eigenvalue weighted by Gasteiger charge is 2.39. The number of rotatable bonds is 5. The van der Waals surface area contributed by atoms with Gasteiger partial charge < -0.3 is 10.2 Å². The van der Waals surface area contributed by atoms with Crippen molar-refractivity contribution in [1.29, 1.82) is 0 Å². The summed E-state index contributed by atoms with van der Waals surface area (Å²) in [5.74, 6) is 0. The van der Waals surface area contributed by atoms with Crippen molar-refractivity contribution < 1.29 is 0 Å². The molecule has 0 bridgehead atoms. The molecule has 1 unspecified atom stereocenters. The van der Waals surface area contributed by atoms with E-state index in [1.807, 2.05) is 0 Å². The average molecular weight is 378 g/mol. The highest BCUT2D eigenvalue weighted by molar-refractivity contribution is 9.10. The van der Waals surface area contributed by atoms with E-state index in [4.69, 9.17) is 0 Å². The minimum absolute atomic E-state index is 0.629. The van der Waals surface area contributed by atoms with E-state index >= 15 is 0 Å². The van der Waals surface area contributed by atoms with E-state index in [2.05, 4.69) is 49.2 Å². The second-order valence-electron chi connectivity index (χ2n) is 7.78. The first kappa shape index (κ1) is 16.1. The van der Waals surface area contributed by atoms with Crippen LogP contribution in [0.5, 0.6) is 0 Å². The molecule has 0 aromatic heterocycles.